The Morgan fingerprint density at radius 1 is 1.15 bits per heavy atom. The zero-order chi connectivity index (χ0) is 19.4. The molecule has 8 heteroatoms. The number of hydrazone groups is 1. The van der Waals surface area contributed by atoms with Gasteiger partial charge in [0.25, 0.3) is 0 Å². The molecule has 0 saturated heterocycles. The number of carbonyl (C=O) groups is 1. The molecule has 0 radical (unpaired) electrons. The van der Waals surface area contributed by atoms with Gasteiger partial charge in [-0.1, -0.05) is 53.5 Å². The highest BCUT2D eigenvalue weighted by Crippen LogP contribution is 2.29. The van der Waals surface area contributed by atoms with Crippen molar-refractivity contribution in [2.24, 2.45) is 10.8 Å². The molecule has 3 aromatic rings. The van der Waals surface area contributed by atoms with Crippen molar-refractivity contribution in [3.05, 3.63) is 75.8 Å². The molecule has 0 saturated carbocycles. The van der Waals surface area contributed by atoms with E-state index in [-0.39, 0.29) is 15.7 Å². The van der Waals surface area contributed by atoms with Crippen molar-refractivity contribution >= 4 is 63.5 Å². The SMILES string of the molecule is NC(=S)NN=Cc1c(OC(=O)c2ccc(Cl)cc2Cl)ccc2ccccc12. The predicted octanol–water partition coefficient (Wildman–Crippen LogP) is 4.53. The summed E-state index contributed by atoms with van der Waals surface area (Å²) in [5.41, 5.74) is 8.68. The second kappa shape index (κ2) is 8.35. The summed E-state index contributed by atoms with van der Waals surface area (Å²) in [6.45, 7) is 0. The number of benzene rings is 3. The van der Waals surface area contributed by atoms with Crippen molar-refractivity contribution in [2.45, 2.75) is 0 Å². The fraction of sp³-hybridized carbons (Fsp3) is 0. The number of nitrogens with one attached hydrogen (secondary N) is 1. The molecular weight excluding hydrogens is 405 g/mol. The van der Waals surface area contributed by atoms with Crippen LogP contribution in [-0.4, -0.2) is 17.3 Å². The summed E-state index contributed by atoms with van der Waals surface area (Å²) in [5.74, 6) is -0.290. The number of hydrogen-bond acceptors (Lipinski definition) is 4. The molecule has 0 spiro atoms. The molecule has 0 aliphatic carbocycles. The number of rotatable bonds is 4. The number of fused-ring (bicyclic) bond motifs is 1. The molecule has 3 rings (SSSR count). The van der Waals surface area contributed by atoms with Gasteiger partial charge in [0.1, 0.15) is 5.75 Å². The van der Waals surface area contributed by atoms with Crippen LogP contribution in [-0.2, 0) is 0 Å². The van der Waals surface area contributed by atoms with Crippen LogP contribution in [0.25, 0.3) is 10.8 Å². The summed E-state index contributed by atoms with van der Waals surface area (Å²) < 4.78 is 5.57. The van der Waals surface area contributed by atoms with Gasteiger partial charge in [0, 0.05) is 10.6 Å². The van der Waals surface area contributed by atoms with E-state index < -0.39 is 5.97 Å². The van der Waals surface area contributed by atoms with E-state index in [1.54, 1.807) is 12.1 Å². The number of thiocarbonyl (C=S) groups is 1. The Labute approximate surface area is 170 Å². The fourth-order valence-electron chi connectivity index (χ4n) is 2.47. The van der Waals surface area contributed by atoms with Crippen LogP contribution < -0.4 is 15.9 Å². The van der Waals surface area contributed by atoms with Crippen molar-refractivity contribution in [2.75, 3.05) is 0 Å². The quantitative estimate of drug-likeness (QED) is 0.214. The van der Waals surface area contributed by atoms with E-state index in [1.165, 1.54) is 18.3 Å². The van der Waals surface area contributed by atoms with E-state index in [4.69, 9.17) is 45.9 Å². The first-order valence-electron chi connectivity index (χ1n) is 7.73. The minimum Gasteiger partial charge on any atom is -0.422 e. The number of ether oxygens (including phenoxy) is 1. The number of esters is 1. The third-order valence-electron chi connectivity index (χ3n) is 3.65. The zero-order valence-electron chi connectivity index (χ0n) is 13.8. The van der Waals surface area contributed by atoms with Crippen LogP contribution in [0.5, 0.6) is 5.75 Å². The molecule has 3 N–H and O–H groups in total. The van der Waals surface area contributed by atoms with Gasteiger partial charge in [-0.05, 0) is 47.3 Å². The summed E-state index contributed by atoms with van der Waals surface area (Å²) in [6.07, 6.45) is 1.49. The lowest BCUT2D eigenvalue weighted by molar-refractivity contribution is 0.0735. The number of halogens is 2. The van der Waals surface area contributed by atoms with Crippen LogP contribution in [0.3, 0.4) is 0 Å². The highest BCUT2D eigenvalue weighted by Gasteiger charge is 2.16. The average Bonchev–Trinajstić information content (AvgIpc) is 2.62. The van der Waals surface area contributed by atoms with Crippen LogP contribution in [0.1, 0.15) is 15.9 Å². The minimum absolute atomic E-state index is 0.0259. The second-order valence-corrected chi connectivity index (χ2v) is 6.73. The summed E-state index contributed by atoms with van der Waals surface area (Å²) in [4.78, 5) is 12.6. The monoisotopic (exact) mass is 417 g/mol. The van der Waals surface area contributed by atoms with E-state index in [2.05, 4.69) is 10.5 Å². The third-order valence-corrected chi connectivity index (χ3v) is 4.29. The Morgan fingerprint density at radius 3 is 2.67 bits per heavy atom. The predicted molar refractivity (Wildman–Crippen MR) is 113 cm³/mol. The van der Waals surface area contributed by atoms with Gasteiger partial charge in [-0.3, -0.25) is 5.43 Å². The van der Waals surface area contributed by atoms with Crippen LogP contribution in [0, 0.1) is 0 Å². The Morgan fingerprint density at radius 2 is 1.93 bits per heavy atom. The molecule has 0 atom stereocenters. The first-order chi connectivity index (χ1) is 13.0. The molecule has 0 aliphatic heterocycles. The van der Waals surface area contributed by atoms with Crippen molar-refractivity contribution < 1.29 is 9.53 Å². The molecule has 0 fully saturated rings. The lowest BCUT2D eigenvalue weighted by Gasteiger charge is -2.11. The van der Waals surface area contributed by atoms with Gasteiger partial charge in [0.2, 0.25) is 0 Å². The van der Waals surface area contributed by atoms with Crippen LogP contribution in [0.15, 0.2) is 59.7 Å². The second-order valence-electron chi connectivity index (χ2n) is 5.45. The van der Waals surface area contributed by atoms with Crippen LogP contribution in [0.4, 0.5) is 0 Å². The molecule has 0 heterocycles. The molecule has 27 heavy (non-hydrogen) atoms. The van der Waals surface area contributed by atoms with Crippen molar-refractivity contribution in [3.8, 4) is 5.75 Å². The highest BCUT2D eigenvalue weighted by atomic mass is 35.5. The molecule has 5 nitrogen and oxygen atoms in total. The number of hydrogen-bond donors (Lipinski definition) is 2. The molecule has 0 bridgehead atoms. The lowest BCUT2D eigenvalue weighted by Crippen LogP contribution is -2.24. The van der Waals surface area contributed by atoms with Gasteiger partial charge in [-0.25, -0.2) is 4.79 Å². The van der Waals surface area contributed by atoms with E-state index in [1.807, 2.05) is 30.3 Å². The summed E-state index contributed by atoms with van der Waals surface area (Å²) in [5, 5.41) is 6.45. The van der Waals surface area contributed by atoms with Gasteiger partial charge in [0.15, 0.2) is 5.11 Å². The molecule has 0 amide bonds. The Bertz CT molecular complexity index is 1070. The molecule has 0 aliphatic rings. The molecule has 0 aromatic heterocycles. The van der Waals surface area contributed by atoms with Gasteiger partial charge >= 0.3 is 5.97 Å². The van der Waals surface area contributed by atoms with E-state index >= 15 is 0 Å². The topological polar surface area (TPSA) is 76.7 Å². The van der Waals surface area contributed by atoms with Crippen LogP contribution in [0.2, 0.25) is 10.0 Å². The lowest BCUT2D eigenvalue weighted by atomic mass is 10.0. The standard InChI is InChI=1S/C19H13Cl2N3O2S/c20-12-6-7-14(16(21)9-12)18(25)26-17-8-5-11-3-1-2-4-13(11)15(17)10-23-24-19(22)27/h1-10H,(H3,22,24,27). The Balaban J connectivity index is 2.01. The van der Waals surface area contributed by atoms with Crippen molar-refractivity contribution in [1.29, 1.82) is 0 Å². The Hall–Kier alpha value is -2.67. The number of carbonyl (C=O) groups excluding carboxylic acids is 1. The van der Waals surface area contributed by atoms with E-state index in [0.29, 0.717) is 16.3 Å². The molecule has 136 valence electrons. The van der Waals surface area contributed by atoms with Gasteiger partial charge in [0.05, 0.1) is 16.8 Å². The van der Waals surface area contributed by atoms with E-state index in [9.17, 15) is 4.79 Å². The summed E-state index contributed by atoms with van der Waals surface area (Å²) in [6, 6.07) is 15.7. The van der Waals surface area contributed by atoms with Gasteiger partial charge in [-0.2, -0.15) is 5.10 Å². The first kappa shape index (κ1) is 19.1. The van der Waals surface area contributed by atoms with E-state index in [0.717, 1.165) is 10.8 Å². The maximum Gasteiger partial charge on any atom is 0.345 e. The average molecular weight is 418 g/mol. The smallest absolute Gasteiger partial charge is 0.345 e. The minimum atomic E-state index is -0.607. The van der Waals surface area contributed by atoms with Crippen molar-refractivity contribution in [3.63, 3.8) is 0 Å². The maximum absolute atomic E-state index is 12.6. The zero-order valence-corrected chi connectivity index (χ0v) is 16.1. The number of nitrogens with two attached hydrogens (primary N) is 1. The van der Waals surface area contributed by atoms with Crippen molar-refractivity contribution in [1.82, 2.24) is 5.43 Å². The van der Waals surface area contributed by atoms with Gasteiger partial charge in [-0.15, -0.1) is 0 Å². The van der Waals surface area contributed by atoms with Gasteiger partial charge < -0.3 is 10.5 Å². The third kappa shape index (κ3) is 4.54. The summed E-state index contributed by atoms with van der Waals surface area (Å²) >= 11 is 16.7. The number of nitrogens with zero attached hydrogens (tertiary/aromatic N) is 1. The fourth-order valence-corrected chi connectivity index (χ4v) is 3.01. The Kier molecular flexibility index (Phi) is 5.91. The first-order valence-corrected chi connectivity index (χ1v) is 8.89. The molecular formula is C19H13Cl2N3O2S. The summed E-state index contributed by atoms with van der Waals surface area (Å²) in [7, 11) is 0. The molecule has 0 unspecified atom stereocenters. The largest absolute Gasteiger partial charge is 0.422 e. The maximum atomic E-state index is 12.6. The normalized spacial score (nSPS) is 10.9. The molecule has 3 aromatic carbocycles. The van der Waals surface area contributed by atoms with Crippen LogP contribution >= 0.6 is 35.4 Å². The highest BCUT2D eigenvalue weighted by molar-refractivity contribution is 7.80.